The van der Waals surface area contributed by atoms with E-state index < -0.39 is 0 Å². The Balaban J connectivity index is 0.00000126. The minimum Gasteiger partial charge on any atom is -0.459 e. The molecule has 0 unspecified atom stereocenters. The van der Waals surface area contributed by atoms with E-state index in [0.717, 1.165) is 16.6 Å². The highest BCUT2D eigenvalue weighted by Gasteiger charge is 2.18. The largest absolute Gasteiger partial charge is 0.459 e. The van der Waals surface area contributed by atoms with Crippen LogP contribution in [0.1, 0.15) is 10.5 Å². The number of para-hydroxylation sites is 2. The number of halogens is 1. The molecule has 0 aliphatic carbocycles. The van der Waals surface area contributed by atoms with E-state index in [1.165, 1.54) is 0 Å². The Morgan fingerprint density at radius 2 is 1.39 bits per heavy atom. The minimum atomic E-state index is -0.347. The smallest absolute Gasteiger partial charge is 0.355 e. The second-order valence-corrected chi connectivity index (χ2v) is 7.12. The molecular weight excluding hydrogens is 527 g/mol. The van der Waals surface area contributed by atoms with Gasteiger partial charge in [0.1, 0.15) is 12.3 Å². The van der Waals surface area contributed by atoms with Crippen LogP contribution < -0.4 is 5.12 Å². The van der Waals surface area contributed by atoms with Crippen molar-refractivity contribution < 1.29 is 9.53 Å². The van der Waals surface area contributed by atoms with Crippen molar-refractivity contribution in [2.24, 2.45) is 0 Å². The number of hydrogen-bond acceptors (Lipinski definition) is 3. The van der Waals surface area contributed by atoms with Crippen LogP contribution in [0.4, 0.5) is 0 Å². The first-order chi connectivity index (χ1) is 16.3. The third-order valence-corrected chi connectivity index (χ3v) is 5.17. The molecule has 168 valence electrons. The number of alkyl halides is 1. The van der Waals surface area contributed by atoms with E-state index in [-0.39, 0.29) is 12.6 Å². The second kappa shape index (κ2) is 10.9. The van der Waals surface area contributed by atoms with Crippen molar-refractivity contribution in [2.75, 3.05) is 23.2 Å². The van der Waals surface area contributed by atoms with Gasteiger partial charge in [-0.2, -0.15) is 0 Å². The predicted octanol–water partition coefficient (Wildman–Crippen LogP) is 5.54. The monoisotopic (exact) mass is 552 g/mol. The van der Waals surface area contributed by atoms with Crippen molar-refractivity contribution in [1.82, 2.24) is 13.9 Å². The maximum atomic E-state index is 13.1. The van der Waals surface area contributed by atoms with E-state index in [1.54, 1.807) is 0 Å². The number of benzene rings is 2. The Morgan fingerprint density at radius 1 is 0.818 bits per heavy atom. The van der Waals surface area contributed by atoms with Crippen LogP contribution in [0.25, 0.3) is 16.6 Å². The minimum absolute atomic E-state index is 0.242. The van der Waals surface area contributed by atoms with Gasteiger partial charge in [-0.15, -0.1) is 0 Å². The van der Waals surface area contributed by atoms with E-state index >= 15 is 0 Å². The zero-order valence-corrected chi connectivity index (χ0v) is 20.4. The van der Waals surface area contributed by atoms with Gasteiger partial charge in [-0.05, 0) is 53.5 Å². The normalized spacial score (nSPS) is 10.5. The Labute approximate surface area is 206 Å². The number of fused-ring (bicyclic) bond motifs is 1. The number of hydrogen-bond donors (Lipinski definition) is 0. The Morgan fingerprint density at radius 3 is 2.03 bits per heavy atom. The Bertz CT molecular complexity index is 1240. The molecule has 0 saturated carbocycles. The molecule has 0 radical (unpaired) electrons. The molecule has 3 heterocycles. The standard InChI is InChI=1S/C25H22N4O2.CH3I/c30-25(31-19-18-28(26-14-6-7-15-26)27-16-8-9-17-27)24-20-21-10-4-5-13-23(21)29(24)22-11-2-1-3-12-22;1-2/h1-17,20H,18-19H2;1H3. The SMILES string of the molecule is CI.O=C(OCCN(n1cccc1)n1cccc1)c1cc2ccccc2n1-c1ccccc1. The van der Waals surface area contributed by atoms with Crippen molar-refractivity contribution in [2.45, 2.75) is 0 Å². The van der Waals surface area contributed by atoms with Gasteiger partial charge >= 0.3 is 5.97 Å². The topological polar surface area (TPSA) is 44.3 Å². The summed E-state index contributed by atoms with van der Waals surface area (Å²) in [5.74, 6) is -0.347. The predicted molar refractivity (Wildman–Crippen MR) is 141 cm³/mol. The fourth-order valence-electron chi connectivity index (χ4n) is 3.76. The van der Waals surface area contributed by atoms with Crippen LogP contribution in [-0.4, -0.2) is 38.0 Å². The van der Waals surface area contributed by atoms with Gasteiger partial charge in [0.15, 0.2) is 0 Å². The molecule has 0 bridgehead atoms. The Hall–Kier alpha value is -3.46. The number of carbonyl (C=O) groups is 1. The van der Waals surface area contributed by atoms with E-state index in [4.69, 9.17) is 4.74 Å². The van der Waals surface area contributed by atoms with Crippen molar-refractivity contribution >= 4 is 39.5 Å². The van der Waals surface area contributed by atoms with Gasteiger partial charge in [0.05, 0.1) is 12.1 Å². The summed E-state index contributed by atoms with van der Waals surface area (Å²) in [4.78, 5) is 15.1. The zero-order chi connectivity index (χ0) is 23.0. The fraction of sp³-hybridized carbons (Fsp3) is 0.115. The summed E-state index contributed by atoms with van der Waals surface area (Å²) < 4.78 is 11.6. The fourth-order valence-corrected chi connectivity index (χ4v) is 3.76. The first-order valence-corrected chi connectivity index (χ1v) is 12.7. The lowest BCUT2D eigenvalue weighted by molar-refractivity contribution is 0.0499. The molecule has 5 aromatic rings. The van der Waals surface area contributed by atoms with Gasteiger partial charge in [0.2, 0.25) is 0 Å². The lowest BCUT2D eigenvalue weighted by Gasteiger charge is -2.26. The lowest BCUT2D eigenvalue weighted by Crippen LogP contribution is -2.40. The molecule has 0 amide bonds. The third kappa shape index (κ3) is 4.98. The molecule has 7 heteroatoms. The van der Waals surface area contributed by atoms with Crippen LogP contribution in [0.2, 0.25) is 0 Å². The molecular formula is C26H25IN4O2. The van der Waals surface area contributed by atoms with Crippen LogP contribution in [-0.2, 0) is 4.74 Å². The molecule has 33 heavy (non-hydrogen) atoms. The molecule has 5 rings (SSSR count). The highest BCUT2D eigenvalue weighted by atomic mass is 127. The van der Waals surface area contributed by atoms with E-state index in [2.05, 4.69) is 22.6 Å². The molecule has 0 spiro atoms. The molecule has 3 aromatic heterocycles. The molecule has 0 atom stereocenters. The molecule has 0 aliphatic rings. The first-order valence-electron chi connectivity index (χ1n) is 10.6. The molecule has 0 N–H and O–H groups in total. The maximum Gasteiger partial charge on any atom is 0.355 e. The molecule has 0 aliphatic heterocycles. The van der Waals surface area contributed by atoms with Crippen LogP contribution in [0.15, 0.2) is 110 Å². The van der Waals surface area contributed by atoms with E-state index in [0.29, 0.717) is 12.2 Å². The Kier molecular flexibility index (Phi) is 7.51. The van der Waals surface area contributed by atoms with Gasteiger partial charge in [-0.1, -0.05) is 59.0 Å². The number of carbonyl (C=O) groups excluding carboxylic acids is 1. The van der Waals surface area contributed by atoms with Crippen LogP contribution in [0, 0.1) is 0 Å². The number of ether oxygens (including phenoxy) is 1. The van der Waals surface area contributed by atoms with Crippen molar-refractivity contribution in [3.8, 4) is 5.69 Å². The summed E-state index contributed by atoms with van der Waals surface area (Å²) >= 11 is 2.15. The van der Waals surface area contributed by atoms with Crippen LogP contribution in [0.5, 0.6) is 0 Å². The zero-order valence-electron chi connectivity index (χ0n) is 18.3. The number of nitrogens with zero attached hydrogens (tertiary/aromatic N) is 4. The molecule has 0 fully saturated rings. The van der Waals surface area contributed by atoms with Gasteiger partial charge in [-0.25, -0.2) is 9.91 Å². The molecule has 0 saturated heterocycles. The second-order valence-electron chi connectivity index (χ2n) is 7.12. The first kappa shape index (κ1) is 22.7. The summed E-state index contributed by atoms with van der Waals surface area (Å²) in [5.41, 5.74) is 2.42. The van der Waals surface area contributed by atoms with Crippen molar-refractivity contribution in [3.05, 3.63) is 115 Å². The van der Waals surface area contributed by atoms with Gasteiger partial charge in [0.25, 0.3) is 0 Å². The maximum absolute atomic E-state index is 13.1. The van der Waals surface area contributed by atoms with Gasteiger partial charge < -0.3 is 9.30 Å². The summed E-state index contributed by atoms with van der Waals surface area (Å²) in [7, 11) is 0. The highest BCUT2D eigenvalue weighted by molar-refractivity contribution is 14.1. The summed E-state index contributed by atoms with van der Waals surface area (Å²) in [6.45, 7) is 0.742. The van der Waals surface area contributed by atoms with Crippen LogP contribution in [0.3, 0.4) is 0 Å². The summed E-state index contributed by atoms with van der Waals surface area (Å²) in [6.07, 6.45) is 7.81. The van der Waals surface area contributed by atoms with Crippen molar-refractivity contribution in [1.29, 1.82) is 0 Å². The molecule has 6 nitrogen and oxygen atoms in total. The van der Waals surface area contributed by atoms with Crippen molar-refractivity contribution in [3.63, 3.8) is 0 Å². The van der Waals surface area contributed by atoms with E-state index in [9.17, 15) is 4.79 Å². The highest BCUT2D eigenvalue weighted by Crippen LogP contribution is 2.25. The van der Waals surface area contributed by atoms with Gasteiger partial charge in [0, 0.05) is 35.9 Å². The number of esters is 1. The average Bonchev–Trinajstić information content (AvgIpc) is 3.65. The number of rotatable bonds is 7. The quantitative estimate of drug-likeness (QED) is 0.151. The van der Waals surface area contributed by atoms with Crippen LogP contribution >= 0.6 is 22.6 Å². The van der Waals surface area contributed by atoms with Gasteiger partial charge in [-0.3, -0.25) is 9.35 Å². The summed E-state index contributed by atoms with van der Waals surface area (Å²) in [6, 6.07) is 27.6. The third-order valence-electron chi connectivity index (χ3n) is 5.17. The average molecular weight is 552 g/mol. The summed E-state index contributed by atoms with van der Waals surface area (Å²) in [5, 5.41) is 2.99. The van der Waals surface area contributed by atoms with E-state index in [1.807, 2.05) is 134 Å². The molecule has 2 aromatic carbocycles. The lowest BCUT2D eigenvalue weighted by atomic mass is 10.2. The number of aromatic nitrogens is 3.